The van der Waals surface area contributed by atoms with E-state index in [1.54, 1.807) is 0 Å². The van der Waals surface area contributed by atoms with Crippen LogP contribution in [0.3, 0.4) is 0 Å². The topological polar surface area (TPSA) is 75.6 Å². The Hall–Kier alpha value is -3.10. The molecular formula is C24H24N4O3S. The average Bonchev–Trinajstić information content (AvgIpc) is 3.45. The molecule has 2 aromatic carbocycles. The highest BCUT2D eigenvalue weighted by Gasteiger charge is 2.24. The van der Waals surface area contributed by atoms with Crippen LogP contribution in [0.1, 0.15) is 27.5 Å². The van der Waals surface area contributed by atoms with Crippen molar-refractivity contribution >= 4 is 28.8 Å². The highest BCUT2D eigenvalue weighted by Crippen LogP contribution is 2.26. The minimum absolute atomic E-state index is 0.0818. The molecule has 0 radical (unpaired) electrons. The molecule has 2 aromatic heterocycles. The van der Waals surface area contributed by atoms with E-state index in [1.807, 2.05) is 36.1 Å². The number of hydrogen-bond acceptors (Lipinski definition) is 7. The molecule has 0 saturated carbocycles. The highest BCUT2D eigenvalue weighted by atomic mass is 32.2. The van der Waals surface area contributed by atoms with Crippen LogP contribution in [0.4, 0.5) is 0 Å². The lowest BCUT2D eigenvalue weighted by molar-refractivity contribution is 0.0622. The number of aryl methyl sites for hydroxylation is 1. The van der Waals surface area contributed by atoms with E-state index in [4.69, 9.17) is 8.83 Å². The lowest BCUT2D eigenvalue weighted by Gasteiger charge is -2.34. The lowest BCUT2D eigenvalue weighted by Crippen LogP contribution is -2.48. The molecule has 1 saturated heterocycles. The van der Waals surface area contributed by atoms with Gasteiger partial charge in [-0.1, -0.05) is 48.2 Å². The minimum Gasteiger partial charge on any atom is -0.447 e. The zero-order valence-corrected chi connectivity index (χ0v) is 18.7. The van der Waals surface area contributed by atoms with E-state index in [-0.39, 0.29) is 5.91 Å². The van der Waals surface area contributed by atoms with Crippen LogP contribution in [-0.2, 0) is 12.3 Å². The first-order chi connectivity index (χ1) is 15.6. The van der Waals surface area contributed by atoms with Crippen molar-refractivity contribution in [3.05, 3.63) is 77.5 Å². The first kappa shape index (κ1) is 20.8. The fraction of sp³-hybridized carbons (Fsp3) is 0.292. The van der Waals surface area contributed by atoms with Gasteiger partial charge >= 0.3 is 0 Å². The summed E-state index contributed by atoms with van der Waals surface area (Å²) in [4.78, 5) is 25.9. The molecule has 0 unspecified atom stereocenters. The van der Waals surface area contributed by atoms with Gasteiger partial charge in [-0.25, -0.2) is 9.97 Å². The summed E-state index contributed by atoms with van der Waals surface area (Å²) in [6, 6.07) is 16.3. The molecule has 0 spiro atoms. The van der Waals surface area contributed by atoms with E-state index < -0.39 is 0 Å². The second-order valence-electron chi connectivity index (χ2n) is 7.92. The van der Waals surface area contributed by atoms with Crippen LogP contribution in [0.5, 0.6) is 0 Å². The van der Waals surface area contributed by atoms with Crippen LogP contribution in [0, 0.1) is 6.92 Å². The fourth-order valence-corrected chi connectivity index (χ4v) is 4.48. The van der Waals surface area contributed by atoms with Gasteiger partial charge in [-0.15, -0.1) is 0 Å². The molecule has 1 aliphatic rings. The highest BCUT2D eigenvalue weighted by molar-refractivity contribution is 7.98. The number of fused-ring (bicyclic) bond motifs is 1. The number of nitrogens with zero attached hydrogens (tertiary/aromatic N) is 4. The first-order valence-electron chi connectivity index (χ1n) is 10.6. The van der Waals surface area contributed by atoms with Gasteiger partial charge in [0.2, 0.25) is 5.89 Å². The number of oxazole rings is 2. The zero-order chi connectivity index (χ0) is 21.9. The second kappa shape index (κ2) is 9.18. The summed E-state index contributed by atoms with van der Waals surface area (Å²) in [5.41, 5.74) is 4.37. The molecule has 1 amide bonds. The van der Waals surface area contributed by atoms with E-state index in [9.17, 15) is 4.79 Å². The second-order valence-corrected chi connectivity index (χ2v) is 8.85. The molecule has 32 heavy (non-hydrogen) atoms. The maximum atomic E-state index is 12.8. The molecule has 0 bridgehead atoms. The van der Waals surface area contributed by atoms with Crippen LogP contribution in [0.25, 0.3) is 11.1 Å². The van der Waals surface area contributed by atoms with Crippen molar-refractivity contribution in [2.75, 3.05) is 26.2 Å². The quantitative estimate of drug-likeness (QED) is 0.405. The Morgan fingerprint density at radius 3 is 2.69 bits per heavy atom. The van der Waals surface area contributed by atoms with E-state index in [0.717, 1.165) is 36.3 Å². The van der Waals surface area contributed by atoms with Crippen LogP contribution >= 0.6 is 11.8 Å². The van der Waals surface area contributed by atoms with Gasteiger partial charge in [0.1, 0.15) is 11.8 Å². The maximum Gasteiger partial charge on any atom is 0.275 e. The predicted octanol–water partition coefficient (Wildman–Crippen LogP) is 4.37. The number of benzene rings is 2. The monoisotopic (exact) mass is 448 g/mol. The minimum atomic E-state index is -0.0818. The van der Waals surface area contributed by atoms with Gasteiger partial charge in [0.25, 0.3) is 11.1 Å². The van der Waals surface area contributed by atoms with Crippen molar-refractivity contribution in [1.29, 1.82) is 0 Å². The van der Waals surface area contributed by atoms with E-state index in [0.29, 0.717) is 35.6 Å². The number of rotatable bonds is 6. The van der Waals surface area contributed by atoms with Crippen LogP contribution in [0.2, 0.25) is 0 Å². The van der Waals surface area contributed by atoms with Crippen molar-refractivity contribution in [3.63, 3.8) is 0 Å². The Morgan fingerprint density at radius 1 is 1.06 bits per heavy atom. The summed E-state index contributed by atoms with van der Waals surface area (Å²) in [5.74, 6) is 0.852. The van der Waals surface area contributed by atoms with Gasteiger partial charge in [-0.05, 0) is 30.2 Å². The Bertz CT molecular complexity index is 1210. The number of amides is 1. The number of carbonyl (C=O) groups is 1. The molecule has 5 rings (SSSR count). The summed E-state index contributed by atoms with van der Waals surface area (Å²) >= 11 is 1.40. The Kier molecular flexibility index (Phi) is 5.96. The van der Waals surface area contributed by atoms with Crippen LogP contribution < -0.4 is 0 Å². The number of hydrogen-bond donors (Lipinski definition) is 0. The third-order valence-corrected chi connectivity index (χ3v) is 6.33. The van der Waals surface area contributed by atoms with Gasteiger partial charge < -0.3 is 13.7 Å². The lowest BCUT2D eigenvalue weighted by atomic mass is 10.2. The molecule has 0 N–H and O–H groups in total. The summed E-state index contributed by atoms with van der Waals surface area (Å²) < 4.78 is 11.3. The van der Waals surface area contributed by atoms with Crippen LogP contribution in [-0.4, -0.2) is 51.9 Å². The Labute approximate surface area is 190 Å². The summed E-state index contributed by atoms with van der Waals surface area (Å²) in [7, 11) is 0. The molecule has 1 aliphatic heterocycles. The largest absolute Gasteiger partial charge is 0.447 e. The van der Waals surface area contributed by atoms with Crippen LogP contribution in [0.15, 0.2) is 68.9 Å². The summed E-state index contributed by atoms with van der Waals surface area (Å²) in [6.45, 7) is 5.99. The van der Waals surface area contributed by atoms with Gasteiger partial charge in [0.05, 0.1) is 5.75 Å². The predicted molar refractivity (Wildman–Crippen MR) is 122 cm³/mol. The Morgan fingerprint density at radius 2 is 1.88 bits per heavy atom. The van der Waals surface area contributed by atoms with Crippen molar-refractivity contribution < 1.29 is 13.6 Å². The SMILES string of the molecule is Cc1ccc2oc(SCc3nc(C(=O)N4CCN(Cc5ccccc5)CC4)co3)nc2c1. The van der Waals surface area contributed by atoms with E-state index in [2.05, 4.69) is 39.1 Å². The molecule has 0 aliphatic carbocycles. The van der Waals surface area contributed by atoms with Crippen molar-refractivity contribution in [2.24, 2.45) is 0 Å². The maximum absolute atomic E-state index is 12.8. The summed E-state index contributed by atoms with van der Waals surface area (Å²) in [6.07, 6.45) is 1.45. The van der Waals surface area contributed by atoms with Crippen molar-refractivity contribution in [1.82, 2.24) is 19.8 Å². The zero-order valence-electron chi connectivity index (χ0n) is 17.9. The van der Waals surface area contributed by atoms with Gasteiger partial charge in [0.15, 0.2) is 11.3 Å². The molecule has 7 nitrogen and oxygen atoms in total. The fourth-order valence-electron chi connectivity index (χ4n) is 3.79. The molecule has 4 aromatic rings. The normalized spacial score (nSPS) is 14.8. The van der Waals surface area contributed by atoms with E-state index in [1.165, 1.54) is 23.6 Å². The van der Waals surface area contributed by atoms with Gasteiger partial charge in [-0.3, -0.25) is 9.69 Å². The third kappa shape index (κ3) is 4.71. The molecular weight excluding hydrogens is 424 g/mol. The Balaban J connectivity index is 1.14. The molecule has 3 heterocycles. The van der Waals surface area contributed by atoms with Crippen molar-refractivity contribution in [3.8, 4) is 0 Å². The summed E-state index contributed by atoms with van der Waals surface area (Å²) in [5, 5.41) is 0.561. The van der Waals surface area contributed by atoms with Gasteiger partial charge in [-0.2, -0.15) is 0 Å². The first-order valence-corrected chi connectivity index (χ1v) is 11.6. The average molecular weight is 449 g/mol. The number of piperazine rings is 1. The van der Waals surface area contributed by atoms with E-state index >= 15 is 0 Å². The van der Waals surface area contributed by atoms with Gasteiger partial charge in [0, 0.05) is 32.7 Å². The molecule has 164 valence electrons. The number of carbonyl (C=O) groups excluding carboxylic acids is 1. The van der Waals surface area contributed by atoms with Crippen molar-refractivity contribution in [2.45, 2.75) is 24.4 Å². The molecule has 0 atom stereocenters. The third-order valence-electron chi connectivity index (χ3n) is 5.52. The smallest absolute Gasteiger partial charge is 0.275 e. The molecule has 8 heteroatoms. The number of aromatic nitrogens is 2. The number of thioether (sulfide) groups is 1. The molecule has 1 fully saturated rings. The standard InChI is InChI=1S/C24H24N4O3S/c1-17-7-8-21-19(13-17)26-24(31-21)32-16-22-25-20(15-30-22)23(29)28-11-9-27(10-12-28)14-18-5-3-2-4-6-18/h2-8,13,15H,9-12,14,16H2,1H3.